The molecular formula is C12H16N2O2. The Kier molecular flexibility index (Phi) is 2.68. The normalized spacial score (nSPS) is 19.5. The molecule has 1 aliphatic rings. The van der Waals surface area contributed by atoms with Gasteiger partial charge >= 0.3 is 0 Å². The van der Waals surface area contributed by atoms with Gasteiger partial charge in [0.25, 0.3) is 0 Å². The van der Waals surface area contributed by atoms with Crippen molar-refractivity contribution >= 4 is 11.6 Å². The molecule has 0 aromatic carbocycles. The molecule has 2 rings (SSSR count). The van der Waals surface area contributed by atoms with E-state index in [0.717, 1.165) is 16.9 Å². The van der Waals surface area contributed by atoms with E-state index in [1.54, 1.807) is 11.8 Å². The van der Waals surface area contributed by atoms with Crippen LogP contribution < -0.4 is 4.90 Å². The maximum absolute atomic E-state index is 11.5. The van der Waals surface area contributed by atoms with E-state index >= 15 is 0 Å². The van der Waals surface area contributed by atoms with Crippen LogP contribution in [-0.2, 0) is 4.79 Å². The number of anilines is 1. The first-order valence-electron chi connectivity index (χ1n) is 5.45. The predicted molar refractivity (Wildman–Crippen MR) is 61.3 cm³/mol. The minimum atomic E-state index is -0.552. The second-order valence-electron chi connectivity index (χ2n) is 4.29. The third-order valence-electron chi connectivity index (χ3n) is 2.93. The van der Waals surface area contributed by atoms with E-state index in [1.807, 2.05) is 19.9 Å². The number of carbonyl (C=O) groups excluding carboxylic acids is 1. The molecule has 0 aliphatic carbocycles. The van der Waals surface area contributed by atoms with Gasteiger partial charge < -0.3 is 10.0 Å². The van der Waals surface area contributed by atoms with Crippen molar-refractivity contribution < 1.29 is 9.90 Å². The Bertz CT molecular complexity index is 443. The van der Waals surface area contributed by atoms with Gasteiger partial charge in [0.05, 0.1) is 17.5 Å². The number of pyridine rings is 1. The van der Waals surface area contributed by atoms with Gasteiger partial charge in [0, 0.05) is 19.2 Å². The van der Waals surface area contributed by atoms with Gasteiger partial charge in [-0.3, -0.25) is 9.78 Å². The molecule has 86 valence electrons. The van der Waals surface area contributed by atoms with Crippen LogP contribution >= 0.6 is 0 Å². The van der Waals surface area contributed by atoms with Crippen molar-refractivity contribution in [2.75, 3.05) is 11.4 Å². The minimum Gasteiger partial charge on any atom is -0.387 e. The molecule has 1 amide bonds. The summed E-state index contributed by atoms with van der Waals surface area (Å²) in [6.07, 6.45) is 0.00634. The van der Waals surface area contributed by atoms with E-state index in [1.165, 1.54) is 0 Å². The number of fused-ring (bicyclic) bond motifs is 1. The van der Waals surface area contributed by atoms with Crippen LogP contribution in [0.25, 0.3) is 0 Å². The highest BCUT2D eigenvalue weighted by Crippen LogP contribution is 2.35. The van der Waals surface area contributed by atoms with Crippen molar-refractivity contribution in [1.29, 1.82) is 0 Å². The number of amides is 1. The zero-order chi connectivity index (χ0) is 11.9. The third kappa shape index (κ3) is 1.69. The molecule has 0 saturated carbocycles. The number of rotatable bonds is 0. The van der Waals surface area contributed by atoms with Gasteiger partial charge in [0.2, 0.25) is 5.91 Å². The summed E-state index contributed by atoms with van der Waals surface area (Å²) in [7, 11) is 0. The van der Waals surface area contributed by atoms with Crippen molar-refractivity contribution in [3.05, 3.63) is 23.0 Å². The maximum Gasteiger partial charge on any atom is 0.223 e. The van der Waals surface area contributed by atoms with Crippen molar-refractivity contribution in [2.24, 2.45) is 0 Å². The third-order valence-corrected chi connectivity index (χ3v) is 2.93. The highest BCUT2D eigenvalue weighted by atomic mass is 16.3. The molecule has 1 atom stereocenters. The lowest BCUT2D eigenvalue weighted by Gasteiger charge is -2.32. The first-order chi connectivity index (χ1) is 7.50. The van der Waals surface area contributed by atoms with Crippen LogP contribution in [0.4, 0.5) is 5.69 Å². The zero-order valence-electron chi connectivity index (χ0n) is 9.82. The fraction of sp³-hybridized carbons (Fsp3) is 0.500. The Hall–Kier alpha value is -1.42. The van der Waals surface area contributed by atoms with E-state index in [9.17, 15) is 9.90 Å². The van der Waals surface area contributed by atoms with Gasteiger partial charge in [-0.25, -0.2) is 0 Å². The summed E-state index contributed by atoms with van der Waals surface area (Å²) in [6, 6.07) is 1.94. The highest BCUT2D eigenvalue weighted by molar-refractivity contribution is 5.93. The second kappa shape index (κ2) is 3.87. The van der Waals surface area contributed by atoms with Gasteiger partial charge in [0.1, 0.15) is 0 Å². The Labute approximate surface area is 94.9 Å². The van der Waals surface area contributed by atoms with Crippen LogP contribution in [0.15, 0.2) is 6.07 Å². The van der Waals surface area contributed by atoms with E-state index in [0.29, 0.717) is 18.7 Å². The molecule has 0 fully saturated rings. The lowest BCUT2D eigenvalue weighted by atomic mass is 10.0. The fourth-order valence-corrected chi connectivity index (χ4v) is 2.26. The second-order valence-corrected chi connectivity index (χ2v) is 4.29. The first kappa shape index (κ1) is 11.1. The number of carbonyl (C=O) groups is 1. The largest absolute Gasteiger partial charge is 0.387 e. The highest BCUT2D eigenvalue weighted by Gasteiger charge is 2.28. The summed E-state index contributed by atoms with van der Waals surface area (Å²) in [5.41, 5.74) is 3.30. The van der Waals surface area contributed by atoms with Crippen LogP contribution in [0, 0.1) is 13.8 Å². The van der Waals surface area contributed by atoms with E-state index in [-0.39, 0.29) is 5.91 Å². The number of nitrogens with zero attached hydrogens (tertiary/aromatic N) is 2. The molecule has 1 aliphatic heterocycles. The number of aryl methyl sites for hydroxylation is 2. The molecule has 0 saturated heterocycles. The molecule has 4 nitrogen and oxygen atoms in total. The molecule has 1 aromatic heterocycles. The molecule has 1 N–H and O–H groups in total. The number of aliphatic hydroxyl groups excluding tert-OH is 1. The van der Waals surface area contributed by atoms with Crippen LogP contribution in [-0.4, -0.2) is 22.5 Å². The van der Waals surface area contributed by atoms with Crippen molar-refractivity contribution in [3.63, 3.8) is 0 Å². The topological polar surface area (TPSA) is 53.4 Å². The first-order valence-corrected chi connectivity index (χ1v) is 5.45. The SMILES string of the molecule is CC(=O)N1CCC(O)c2nc(C)cc(C)c21. The Morgan fingerprint density at radius 2 is 2.25 bits per heavy atom. The summed E-state index contributed by atoms with van der Waals surface area (Å²) in [5.74, 6) is 0.00176. The number of aliphatic hydroxyl groups is 1. The monoisotopic (exact) mass is 220 g/mol. The minimum absolute atomic E-state index is 0.00176. The van der Waals surface area contributed by atoms with Crippen LogP contribution in [0.5, 0.6) is 0 Å². The van der Waals surface area contributed by atoms with Crippen molar-refractivity contribution in [3.8, 4) is 0 Å². The summed E-state index contributed by atoms with van der Waals surface area (Å²) in [5, 5.41) is 9.91. The van der Waals surface area contributed by atoms with Gasteiger partial charge in [-0.05, 0) is 31.9 Å². The molecular weight excluding hydrogens is 204 g/mol. The quantitative estimate of drug-likeness (QED) is 0.720. The lowest BCUT2D eigenvalue weighted by molar-refractivity contribution is -0.116. The molecule has 0 radical (unpaired) electrons. The summed E-state index contributed by atoms with van der Waals surface area (Å²) < 4.78 is 0. The molecule has 2 heterocycles. The number of aromatic nitrogens is 1. The van der Waals surface area contributed by atoms with Crippen LogP contribution in [0.1, 0.15) is 36.4 Å². The number of hydrogen-bond donors (Lipinski definition) is 1. The molecule has 0 spiro atoms. The van der Waals surface area contributed by atoms with Gasteiger partial charge in [0.15, 0.2) is 0 Å². The Balaban J connectivity index is 2.61. The van der Waals surface area contributed by atoms with Crippen LogP contribution in [0.2, 0.25) is 0 Å². The lowest BCUT2D eigenvalue weighted by Crippen LogP contribution is -2.36. The molecule has 1 aromatic rings. The fourth-order valence-electron chi connectivity index (χ4n) is 2.26. The zero-order valence-corrected chi connectivity index (χ0v) is 9.82. The Morgan fingerprint density at radius 3 is 2.88 bits per heavy atom. The van der Waals surface area contributed by atoms with Crippen molar-refractivity contribution in [1.82, 2.24) is 4.98 Å². The number of hydrogen-bond acceptors (Lipinski definition) is 3. The predicted octanol–water partition coefficient (Wildman–Crippen LogP) is 1.49. The van der Waals surface area contributed by atoms with E-state index in [4.69, 9.17) is 0 Å². The smallest absolute Gasteiger partial charge is 0.223 e. The molecule has 16 heavy (non-hydrogen) atoms. The van der Waals surface area contributed by atoms with Gasteiger partial charge in [-0.1, -0.05) is 0 Å². The maximum atomic E-state index is 11.5. The Morgan fingerprint density at radius 1 is 1.56 bits per heavy atom. The van der Waals surface area contributed by atoms with Gasteiger partial charge in [-0.2, -0.15) is 0 Å². The summed E-state index contributed by atoms with van der Waals surface area (Å²) >= 11 is 0. The molecule has 4 heteroatoms. The summed E-state index contributed by atoms with van der Waals surface area (Å²) in [4.78, 5) is 17.6. The molecule has 1 unspecified atom stereocenters. The van der Waals surface area contributed by atoms with E-state index in [2.05, 4.69) is 4.98 Å². The van der Waals surface area contributed by atoms with Crippen molar-refractivity contribution in [2.45, 2.75) is 33.3 Å². The van der Waals surface area contributed by atoms with Gasteiger partial charge in [-0.15, -0.1) is 0 Å². The average Bonchev–Trinajstić information content (AvgIpc) is 2.19. The van der Waals surface area contributed by atoms with E-state index < -0.39 is 6.10 Å². The molecule has 0 bridgehead atoms. The average molecular weight is 220 g/mol. The van der Waals surface area contributed by atoms with Crippen LogP contribution in [0.3, 0.4) is 0 Å². The standard InChI is InChI=1S/C12H16N2O2/c1-7-6-8(2)13-11-10(16)4-5-14(9(3)15)12(7)11/h6,10,16H,4-5H2,1-3H3. The summed E-state index contributed by atoms with van der Waals surface area (Å²) in [6.45, 7) is 5.95.